The Morgan fingerprint density at radius 3 is 2.94 bits per heavy atom. The van der Waals surface area contributed by atoms with Gasteiger partial charge < -0.3 is 14.7 Å². The highest BCUT2D eigenvalue weighted by molar-refractivity contribution is 5.82. The van der Waals surface area contributed by atoms with Gasteiger partial charge in [0.05, 0.1) is 0 Å². The van der Waals surface area contributed by atoms with Crippen LogP contribution < -0.4 is 4.90 Å². The Hall–Kier alpha value is -1.55. The quantitative estimate of drug-likeness (QED) is 0.784. The molecule has 0 radical (unpaired) electrons. The Balaban J connectivity index is 2.04. The number of carboxylic acids is 1. The zero-order valence-electron chi connectivity index (χ0n) is 10.6. The topological polar surface area (TPSA) is 49.8 Å². The van der Waals surface area contributed by atoms with Crippen molar-refractivity contribution in [3.63, 3.8) is 0 Å². The number of aliphatic carboxylic acids is 1. The molecule has 0 amide bonds. The first-order valence-corrected chi connectivity index (χ1v) is 6.29. The Labute approximate surface area is 107 Å². The third-order valence-corrected chi connectivity index (χ3v) is 3.38. The van der Waals surface area contributed by atoms with Gasteiger partial charge in [-0.1, -0.05) is 18.2 Å². The van der Waals surface area contributed by atoms with Crippen LogP contribution in [0.5, 0.6) is 0 Å². The van der Waals surface area contributed by atoms with Crippen LogP contribution in [0.4, 0.5) is 5.69 Å². The molecule has 0 aromatic heterocycles. The first kappa shape index (κ1) is 12.9. The number of methoxy groups -OCH3 is 1. The molecule has 0 fully saturated rings. The average molecular weight is 249 g/mol. The summed E-state index contributed by atoms with van der Waals surface area (Å²) in [7, 11) is 1.70. The van der Waals surface area contributed by atoms with Gasteiger partial charge in [0.2, 0.25) is 0 Å². The minimum Gasteiger partial charge on any atom is -0.481 e. The predicted octanol–water partition coefficient (Wildman–Crippen LogP) is 2.10. The zero-order chi connectivity index (χ0) is 13.0. The molecule has 1 aliphatic rings. The van der Waals surface area contributed by atoms with Gasteiger partial charge in [-0.2, -0.15) is 0 Å². The van der Waals surface area contributed by atoms with Crippen LogP contribution >= 0.6 is 0 Å². The van der Waals surface area contributed by atoms with Crippen LogP contribution in [-0.4, -0.2) is 37.9 Å². The molecule has 2 rings (SSSR count). The van der Waals surface area contributed by atoms with Crippen LogP contribution in [0.3, 0.4) is 0 Å². The van der Waals surface area contributed by atoms with E-state index < -0.39 is 5.97 Å². The van der Waals surface area contributed by atoms with Crippen molar-refractivity contribution in [2.45, 2.75) is 18.8 Å². The second kappa shape index (κ2) is 5.87. The van der Waals surface area contributed by atoms with Crippen LogP contribution in [0.15, 0.2) is 24.3 Å². The van der Waals surface area contributed by atoms with Crippen molar-refractivity contribution in [3.8, 4) is 0 Å². The molecule has 4 heteroatoms. The van der Waals surface area contributed by atoms with Crippen LogP contribution in [0.25, 0.3) is 0 Å². The summed E-state index contributed by atoms with van der Waals surface area (Å²) < 4.78 is 5.02. The first-order chi connectivity index (χ1) is 8.74. The molecule has 1 N–H and O–H groups in total. The number of para-hydroxylation sites is 1. The number of unbranched alkanes of at least 4 members (excludes halogenated alkanes) is 1. The molecule has 0 bridgehead atoms. The maximum atomic E-state index is 11.2. The smallest absolute Gasteiger partial charge is 0.312 e. The SMILES string of the molecule is COCCCCN1CC(C(=O)O)c2ccccc21. The van der Waals surface area contributed by atoms with Crippen molar-refractivity contribution in [1.82, 2.24) is 0 Å². The molecular weight excluding hydrogens is 230 g/mol. The normalized spacial score (nSPS) is 17.8. The van der Waals surface area contributed by atoms with Crippen molar-refractivity contribution in [2.24, 2.45) is 0 Å². The summed E-state index contributed by atoms with van der Waals surface area (Å²) in [5.74, 6) is -1.12. The van der Waals surface area contributed by atoms with Gasteiger partial charge in [-0.25, -0.2) is 0 Å². The summed E-state index contributed by atoms with van der Waals surface area (Å²) in [5, 5.41) is 9.24. The van der Waals surface area contributed by atoms with E-state index in [-0.39, 0.29) is 5.92 Å². The molecule has 1 atom stereocenters. The lowest BCUT2D eigenvalue weighted by atomic mass is 10.0. The molecule has 4 nitrogen and oxygen atoms in total. The van der Waals surface area contributed by atoms with Crippen molar-refractivity contribution in [3.05, 3.63) is 29.8 Å². The monoisotopic (exact) mass is 249 g/mol. The molecule has 0 aliphatic carbocycles. The molecule has 0 saturated carbocycles. The molecule has 1 heterocycles. The fourth-order valence-electron chi connectivity index (χ4n) is 2.46. The number of benzene rings is 1. The first-order valence-electron chi connectivity index (χ1n) is 6.29. The van der Waals surface area contributed by atoms with Gasteiger partial charge in [0, 0.05) is 32.5 Å². The third-order valence-electron chi connectivity index (χ3n) is 3.38. The number of hydrogen-bond acceptors (Lipinski definition) is 3. The second-order valence-electron chi connectivity index (χ2n) is 4.60. The second-order valence-corrected chi connectivity index (χ2v) is 4.60. The van der Waals surface area contributed by atoms with Gasteiger partial charge in [-0.15, -0.1) is 0 Å². The van der Waals surface area contributed by atoms with Crippen molar-refractivity contribution >= 4 is 11.7 Å². The molecule has 1 aromatic carbocycles. The zero-order valence-corrected chi connectivity index (χ0v) is 10.6. The average Bonchev–Trinajstić information content (AvgIpc) is 2.74. The van der Waals surface area contributed by atoms with E-state index in [1.807, 2.05) is 24.3 Å². The number of anilines is 1. The summed E-state index contributed by atoms with van der Waals surface area (Å²) in [5.41, 5.74) is 2.01. The van der Waals surface area contributed by atoms with Crippen molar-refractivity contribution in [2.75, 3.05) is 31.7 Å². The fourth-order valence-corrected chi connectivity index (χ4v) is 2.46. The van der Waals surface area contributed by atoms with Gasteiger partial charge in [0.15, 0.2) is 0 Å². The molecule has 98 valence electrons. The lowest BCUT2D eigenvalue weighted by Crippen LogP contribution is -2.25. The van der Waals surface area contributed by atoms with Gasteiger partial charge >= 0.3 is 5.97 Å². The highest BCUT2D eigenvalue weighted by atomic mass is 16.5. The molecule has 0 saturated heterocycles. The predicted molar refractivity (Wildman–Crippen MR) is 70.1 cm³/mol. The van der Waals surface area contributed by atoms with Crippen molar-refractivity contribution in [1.29, 1.82) is 0 Å². The van der Waals surface area contributed by atoms with E-state index in [9.17, 15) is 9.90 Å². The summed E-state index contributed by atoms with van der Waals surface area (Å²) in [6, 6.07) is 7.80. The van der Waals surface area contributed by atoms with E-state index in [4.69, 9.17) is 4.74 Å². The number of carbonyl (C=O) groups is 1. The van der Waals surface area contributed by atoms with E-state index in [1.54, 1.807) is 7.11 Å². The van der Waals surface area contributed by atoms with Gasteiger partial charge in [-0.05, 0) is 24.5 Å². The Morgan fingerprint density at radius 1 is 1.44 bits per heavy atom. The lowest BCUT2D eigenvalue weighted by molar-refractivity contribution is -0.138. The summed E-state index contributed by atoms with van der Waals surface area (Å²) in [4.78, 5) is 13.4. The van der Waals surface area contributed by atoms with Crippen LogP contribution in [0.2, 0.25) is 0 Å². The molecule has 0 spiro atoms. The van der Waals surface area contributed by atoms with E-state index in [0.29, 0.717) is 6.54 Å². The summed E-state index contributed by atoms with van der Waals surface area (Å²) in [6.45, 7) is 2.24. The van der Waals surface area contributed by atoms with Gasteiger partial charge in [-0.3, -0.25) is 4.79 Å². The fraction of sp³-hybridized carbons (Fsp3) is 0.500. The molecule has 1 unspecified atom stereocenters. The van der Waals surface area contributed by atoms with Crippen LogP contribution in [0, 0.1) is 0 Å². The van der Waals surface area contributed by atoms with Crippen LogP contribution in [0.1, 0.15) is 24.3 Å². The number of hydrogen-bond donors (Lipinski definition) is 1. The largest absolute Gasteiger partial charge is 0.481 e. The van der Waals surface area contributed by atoms with E-state index in [2.05, 4.69) is 4.90 Å². The minimum atomic E-state index is -0.734. The minimum absolute atomic E-state index is 0.386. The van der Waals surface area contributed by atoms with Crippen LogP contribution in [-0.2, 0) is 9.53 Å². The standard InChI is InChI=1S/C14H19NO3/c1-18-9-5-4-8-15-10-12(14(16)17)11-6-2-3-7-13(11)15/h2-3,6-7,12H,4-5,8-10H2,1H3,(H,16,17). The molecule has 1 aromatic rings. The molecular formula is C14H19NO3. The van der Waals surface area contributed by atoms with E-state index in [0.717, 1.165) is 37.2 Å². The highest BCUT2D eigenvalue weighted by Crippen LogP contribution is 2.36. The summed E-state index contributed by atoms with van der Waals surface area (Å²) >= 11 is 0. The number of rotatable bonds is 6. The Morgan fingerprint density at radius 2 is 2.22 bits per heavy atom. The number of nitrogens with zero attached hydrogens (tertiary/aromatic N) is 1. The van der Waals surface area contributed by atoms with Crippen molar-refractivity contribution < 1.29 is 14.6 Å². The molecule has 18 heavy (non-hydrogen) atoms. The van der Waals surface area contributed by atoms with Gasteiger partial charge in [0.1, 0.15) is 5.92 Å². The Bertz CT molecular complexity index is 419. The number of fused-ring (bicyclic) bond motifs is 1. The van der Waals surface area contributed by atoms with E-state index in [1.165, 1.54) is 0 Å². The number of carboxylic acid groups (broad SMARTS) is 1. The Kier molecular flexibility index (Phi) is 4.20. The van der Waals surface area contributed by atoms with E-state index >= 15 is 0 Å². The third kappa shape index (κ3) is 2.64. The maximum absolute atomic E-state index is 11.2. The number of ether oxygens (including phenoxy) is 1. The highest BCUT2D eigenvalue weighted by Gasteiger charge is 2.32. The lowest BCUT2D eigenvalue weighted by Gasteiger charge is -2.19. The molecule has 1 aliphatic heterocycles. The van der Waals surface area contributed by atoms with Gasteiger partial charge in [0.25, 0.3) is 0 Å². The maximum Gasteiger partial charge on any atom is 0.312 e. The summed E-state index contributed by atoms with van der Waals surface area (Å²) in [6.07, 6.45) is 2.03.